The Labute approximate surface area is 164 Å². The number of H-pyrrole nitrogens is 1. The average molecular weight is 382 g/mol. The van der Waals surface area contributed by atoms with Gasteiger partial charge in [0.25, 0.3) is 5.91 Å². The van der Waals surface area contributed by atoms with E-state index in [1.165, 1.54) is 15.8 Å². The first-order chi connectivity index (χ1) is 12.8. The van der Waals surface area contributed by atoms with E-state index in [2.05, 4.69) is 42.9 Å². The van der Waals surface area contributed by atoms with Crippen LogP contribution in [0.3, 0.4) is 0 Å². The zero-order chi connectivity index (χ0) is 19.3. The quantitative estimate of drug-likeness (QED) is 0.650. The predicted octanol–water partition coefficient (Wildman–Crippen LogP) is 5.51. The van der Waals surface area contributed by atoms with Crippen molar-refractivity contribution in [2.75, 3.05) is 13.1 Å². The molecule has 4 rings (SSSR count). The Morgan fingerprint density at radius 2 is 1.96 bits per heavy atom. The second kappa shape index (κ2) is 6.79. The van der Waals surface area contributed by atoms with Crippen LogP contribution in [0.25, 0.3) is 21.5 Å². The van der Waals surface area contributed by atoms with Crippen molar-refractivity contribution in [3.05, 3.63) is 40.0 Å². The van der Waals surface area contributed by atoms with Gasteiger partial charge in [-0.25, -0.2) is 0 Å². The number of pyridine rings is 1. The Bertz CT molecular complexity index is 994. The summed E-state index contributed by atoms with van der Waals surface area (Å²) in [6.07, 6.45) is 1.11. The fraction of sp³-hybridized carbons (Fsp3) is 0.455. The van der Waals surface area contributed by atoms with Crippen LogP contribution in [0.2, 0.25) is 0 Å². The van der Waals surface area contributed by atoms with Crippen LogP contribution in [0.15, 0.2) is 18.2 Å². The molecular formula is C22H27N3OS. The van der Waals surface area contributed by atoms with Gasteiger partial charge < -0.3 is 9.88 Å². The minimum Gasteiger partial charge on any atom is -0.354 e. The highest BCUT2D eigenvalue weighted by Gasteiger charge is 2.27. The van der Waals surface area contributed by atoms with Gasteiger partial charge in [-0.3, -0.25) is 9.78 Å². The molecule has 4 nitrogen and oxygen atoms in total. The summed E-state index contributed by atoms with van der Waals surface area (Å²) in [6, 6.07) is 6.31. The molecule has 27 heavy (non-hydrogen) atoms. The number of aryl methyl sites for hydroxylation is 2. The van der Waals surface area contributed by atoms with Gasteiger partial charge in [0.1, 0.15) is 0 Å². The van der Waals surface area contributed by atoms with Crippen molar-refractivity contribution in [1.29, 1.82) is 0 Å². The van der Waals surface area contributed by atoms with Gasteiger partial charge in [0.05, 0.1) is 20.8 Å². The van der Waals surface area contributed by atoms with Gasteiger partial charge >= 0.3 is 0 Å². The number of nitrogens with one attached hydrogen (secondary N) is 1. The van der Waals surface area contributed by atoms with E-state index in [-0.39, 0.29) is 5.91 Å². The molecular weight excluding hydrogens is 354 g/mol. The van der Waals surface area contributed by atoms with E-state index in [0.717, 1.165) is 47.0 Å². The first-order valence-corrected chi connectivity index (χ1v) is 10.6. The summed E-state index contributed by atoms with van der Waals surface area (Å²) in [7, 11) is 0. The lowest BCUT2D eigenvalue weighted by atomic mass is 9.99. The maximum Gasteiger partial charge on any atom is 0.264 e. The number of fused-ring (bicyclic) bond motifs is 1. The van der Waals surface area contributed by atoms with Crippen LogP contribution < -0.4 is 0 Å². The Morgan fingerprint density at radius 3 is 2.56 bits per heavy atom. The second-order valence-electron chi connectivity index (χ2n) is 8.21. The molecule has 1 aliphatic heterocycles. The molecule has 3 aromatic heterocycles. The largest absolute Gasteiger partial charge is 0.354 e. The van der Waals surface area contributed by atoms with Crippen LogP contribution in [-0.2, 0) is 0 Å². The molecule has 0 unspecified atom stereocenters. The highest BCUT2D eigenvalue weighted by Crippen LogP contribution is 2.40. The highest BCUT2D eigenvalue weighted by molar-refractivity contribution is 7.21. The lowest BCUT2D eigenvalue weighted by molar-refractivity contribution is 0.0793. The molecule has 0 aliphatic carbocycles. The Kier molecular flexibility index (Phi) is 4.58. The minimum atomic E-state index is 0.181. The van der Waals surface area contributed by atoms with Gasteiger partial charge in [0.2, 0.25) is 0 Å². The number of carbonyl (C=O) groups is 1. The number of aromatic amines is 1. The van der Waals surface area contributed by atoms with Gasteiger partial charge in [0, 0.05) is 30.0 Å². The Morgan fingerprint density at radius 1 is 1.26 bits per heavy atom. The summed E-state index contributed by atoms with van der Waals surface area (Å²) in [5, 5.41) is 0. The molecule has 1 N–H and O–H groups in total. The second-order valence-corrected chi connectivity index (χ2v) is 9.26. The maximum atomic E-state index is 12.9. The molecule has 0 aromatic carbocycles. The fourth-order valence-electron chi connectivity index (χ4n) is 4.14. The monoisotopic (exact) mass is 381 g/mol. The third kappa shape index (κ3) is 3.29. The van der Waals surface area contributed by atoms with E-state index in [1.54, 1.807) is 11.3 Å². The van der Waals surface area contributed by atoms with Crippen LogP contribution in [0.1, 0.15) is 59.7 Å². The van der Waals surface area contributed by atoms with Gasteiger partial charge in [-0.1, -0.05) is 20.8 Å². The summed E-state index contributed by atoms with van der Waals surface area (Å²) in [5.74, 6) is 1.16. The van der Waals surface area contributed by atoms with Crippen LogP contribution >= 0.6 is 11.3 Å². The summed E-state index contributed by atoms with van der Waals surface area (Å²) in [4.78, 5) is 23.9. The first kappa shape index (κ1) is 18.2. The topological polar surface area (TPSA) is 49.0 Å². The van der Waals surface area contributed by atoms with E-state index >= 15 is 0 Å². The molecule has 1 aliphatic rings. The van der Waals surface area contributed by atoms with Gasteiger partial charge in [-0.05, 0) is 55.9 Å². The van der Waals surface area contributed by atoms with E-state index in [9.17, 15) is 4.79 Å². The minimum absolute atomic E-state index is 0.181. The molecule has 1 atom stereocenters. The smallest absolute Gasteiger partial charge is 0.264 e. The number of amides is 1. The van der Waals surface area contributed by atoms with Crippen molar-refractivity contribution in [2.45, 2.75) is 47.0 Å². The molecule has 1 saturated heterocycles. The predicted molar refractivity (Wildman–Crippen MR) is 113 cm³/mol. The molecule has 142 valence electrons. The Balaban J connectivity index is 1.78. The highest BCUT2D eigenvalue weighted by atomic mass is 32.1. The molecule has 3 aromatic rings. The lowest BCUT2D eigenvalue weighted by Crippen LogP contribution is -2.27. The molecule has 0 radical (unpaired) electrons. The number of carbonyl (C=O) groups excluding carboxylic acids is 1. The van der Waals surface area contributed by atoms with Crippen molar-refractivity contribution in [2.24, 2.45) is 5.92 Å². The lowest BCUT2D eigenvalue weighted by Gasteiger charge is -2.14. The van der Waals surface area contributed by atoms with Crippen LogP contribution in [0.5, 0.6) is 0 Å². The third-order valence-electron chi connectivity index (χ3n) is 5.38. The molecule has 5 heteroatoms. The van der Waals surface area contributed by atoms with Crippen LogP contribution in [0, 0.1) is 19.8 Å². The van der Waals surface area contributed by atoms with Crippen molar-refractivity contribution < 1.29 is 4.79 Å². The van der Waals surface area contributed by atoms with E-state index < -0.39 is 0 Å². The number of hydrogen-bond acceptors (Lipinski definition) is 3. The molecule has 4 heterocycles. The number of aromatic nitrogens is 2. The summed E-state index contributed by atoms with van der Waals surface area (Å²) < 4.78 is 1.21. The summed E-state index contributed by atoms with van der Waals surface area (Å²) >= 11 is 1.63. The number of nitrogens with zero attached hydrogens (tertiary/aromatic N) is 2. The zero-order valence-electron chi connectivity index (χ0n) is 16.7. The average Bonchev–Trinajstić information content (AvgIpc) is 3.26. The van der Waals surface area contributed by atoms with Crippen LogP contribution in [0.4, 0.5) is 0 Å². The van der Waals surface area contributed by atoms with Crippen molar-refractivity contribution in [3.63, 3.8) is 0 Å². The van der Waals surface area contributed by atoms with E-state index in [0.29, 0.717) is 11.8 Å². The number of thiophene rings is 1. The summed E-state index contributed by atoms with van der Waals surface area (Å²) in [5.41, 5.74) is 6.76. The fourth-order valence-corrected chi connectivity index (χ4v) is 5.42. The molecule has 0 bridgehead atoms. The number of rotatable bonds is 3. The third-order valence-corrected chi connectivity index (χ3v) is 6.53. The molecule has 1 fully saturated rings. The Hall–Kier alpha value is -2.14. The normalized spacial score (nSPS) is 17.4. The van der Waals surface area contributed by atoms with Gasteiger partial charge in [-0.15, -0.1) is 11.3 Å². The molecule has 1 amide bonds. The number of likely N-dealkylation sites (tertiary alicyclic amines) is 1. The maximum absolute atomic E-state index is 12.9. The molecule has 0 spiro atoms. The summed E-state index contributed by atoms with van der Waals surface area (Å²) in [6.45, 7) is 12.5. The first-order valence-electron chi connectivity index (χ1n) is 9.73. The van der Waals surface area contributed by atoms with Crippen molar-refractivity contribution >= 4 is 27.5 Å². The standard InChI is InChI=1S/C22H27N3OS/c1-12(2)19-20(16-8-14(4)23-15(5)9-16)24-17-10-18(27-21(17)19)22(26)25-7-6-13(3)11-25/h8-10,12-13,24H,6-7,11H2,1-5H3/t13-/m1/s1. The van der Waals surface area contributed by atoms with Crippen molar-refractivity contribution in [1.82, 2.24) is 14.9 Å². The van der Waals surface area contributed by atoms with Crippen LogP contribution in [-0.4, -0.2) is 33.9 Å². The zero-order valence-corrected chi connectivity index (χ0v) is 17.5. The number of hydrogen-bond donors (Lipinski definition) is 1. The van der Waals surface area contributed by atoms with Crippen molar-refractivity contribution in [3.8, 4) is 11.3 Å². The van der Waals surface area contributed by atoms with Gasteiger partial charge in [0.15, 0.2) is 0 Å². The van der Waals surface area contributed by atoms with E-state index in [1.807, 2.05) is 24.8 Å². The SMILES string of the molecule is Cc1cc(-c2[nH]c3cc(C(=O)N4CC[C@@H](C)C4)sc3c2C(C)C)cc(C)n1. The molecule has 0 saturated carbocycles. The van der Waals surface area contributed by atoms with E-state index in [4.69, 9.17) is 0 Å². The van der Waals surface area contributed by atoms with Gasteiger partial charge in [-0.2, -0.15) is 0 Å².